The first kappa shape index (κ1) is 18.3. The number of hydrazone groups is 1. The Hall–Kier alpha value is -3.54. The van der Waals surface area contributed by atoms with Gasteiger partial charge in [0, 0.05) is 24.9 Å². The summed E-state index contributed by atoms with van der Waals surface area (Å²) in [5.74, 6) is -1.18. The Morgan fingerprint density at radius 2 is 1.67 bits per heavy atom. The molecule has 0 radical (unpaired) electrons. The molecule has 0 aliphatic rings. The molecule has 27 heavy (non-hydrogen) atoms. The molecule has 0 spiro atoms. The molecular weight excluding hydrogens is 342 g/mol. The minimum Gasteiger partial charge on any atom is -0.284 e. The lowest BCUT2D eigenvalue weighted by Gasteiger charge is -2.13. The van der Waals surface area contributed by atoms with Gasteiger partial charge in [-0.3, -0.25) is 19.0 Å². The fourth-order valence-corrected chi connectivity index (χ4v) is 2.93. The Kier molecular flexibility index (Phi) is 5.26. The molecule has 6 heteroatoms. The first-order valence-electron chi connectivity index (χ1n) is 8.50. The van der Waals surface area contributed by atoms with E-state index in [1.807, 2.05) is 54.6 Å². The Bertz CT molecular complexity index is 1040. The van der Waals surface area contributed by atoms with Crippen LogP contribution in [0.15, 0.2) is 65.8 Å². The molecule has 1 aromatic heterocycles. The van der Waals surface area contributed by atoms with Crippen LogP contribution in [0.1, 0.15) is 29.9 Å². The second kappa shape index (κ2) is 7.78. The van der Waals surface area contributed by atoms with Gasteiger partial charge in [0.1, 0.15) is 0 Å². The van der Waals surface area contributed by atoms with Crippen molar-refractivity contribution in [3.63, 3.8) is 0 Å². The fourth-order valence-electron chi connectivity index (χ4n) is 2.93. The molecule has 2 aromatic carbocycles. The summed E-state index contributed by atoms with van der Waals surface area (Å²) < 4.78 is 1.49. The van der Waals surface area contributed by atoms with Crippen LogP contribution in [0.3, 0.4) is 0 Å². The van der Waals surface area contributed by atoms with E-state index in [0.717, 1.165) is 21.5 Å². The van der Waals surface area contributed by atoms with E-state index in [9.17, 15) is 14.4 Å². The minimum absolute atomic E-state index is 0.111. The molecule has 0 unspecified atom stereocenters. The Labute approximate surface area is 156 Å². The number of nitrogens with zero attached hydrogens (tertiary/aromatic N) is 3. The zero-order chi connectivity index (χ0) is 19.4. The first-order chi connectivity index (χ1) is 13.0. The van der Waals surface area contributed by atoms with Gasteiger partial charge in [-0.2, -0.15) is 10.1 Å². The third-order valence-corrected chi connectivity index (χ3v) is 4.09. The molecule has 0 N–H and O–H groups in total. The van der Waals surface area contributed by atoms with Crippen LogP contribution in [0.5, 0.6) is 0 Å². The van der Waals surface area contributed by atoms with Gasteiger partial charge in [-0.25, -0.2) is 0 Å². The predicted molar refractivity (Wildman–Crippen MR) is 104 cm³/mol. The number of amides is 2. The van der Waals surface area contributed by atoms with Crippen molar-refractivity contribution in [1.82, 2.24) is 9.58 Å². The maximum atomic E-state index is 12.7. The summed E-state index contributed by atoms with van der Waals surface area (Å²) in [5.41, 5.74) is 2.03. The second-order valence-corrected chi connectivity index (χ2v) is 6.11. The van der Waals surface area contributed by atoms with Gasteiger partial charge in [-0.15, -0.1) is 0 Å². The zero-order valence-electron chi connectivity index (χ0n) is 15.1. The number of rotatable bonds is 4. The highest BCUT2D eigenvalue weighted by atomic mass is 16.2. The number of hydrogen-bond acceptors (Lipinski definition) is 4. The van der Waals surface area contributed by atoms with Crippen molar-refractivity contribution in [2.75, 3.05) is 0 Å². The predicted octanol–water partition coefficient (Wildman–Crippen LogP) is 3.25. The number of fused-ring (bicyclic) bond motifs is 1. The average Bonchev–Trinajstić information content (AvgIpc) is 3.00. The highest BCUT2D eigenvalue weighted by Crippen LogP contribution is 2.20. The molecule has 136 valence electrons. The monoisotopic (exact) mass is 361 g/mol. The lowest BCUT2D eigenvalue weighted by molar-refractivity contribution is -0.143. The molecule has 0 saturated heterocycles. The lowest BCUT2D eigenvalue weighted by atomic mass is 10.2. The molecule has 6 nitrogen and oxygen atoms in total. The van der Waals surface area contributed by atoms with Crippen molar-refractivity contribution in [2.45, 2.75) is 20.3 Å². The number of carbonyl (C=O) groups excluding carboxylic acids is 3. The highest BCUT2D eigenvalue weighted by molar-refractivity contribution is 5.98. The van der Waals surface area contributed by atoms with Crippen LogP contribution in [0, 0.1) is 0 Å². The van der Waals surface area contributed by atoms with Crippen LogP contribution >= 0.6 is 0 Å². The van der Waals surface area contributed by atoms with Crippen molar-refractivity contribution in [3.8, 4) is 0 Å². The van der Waals surface area contributed by atoms with E-state index in [0.29, 0.717) is 5.69 Å². The van der Waals surface area contributed by atoms with Gasteiger partial charge >= 0.3 is 0 Å². The maximum absolute atomic E-state index is 12.7. The Balaban J connectivity index is 1.89. The second-order valence-electron chi connectivity index (χ2n) is 6.11. The van der Waals surface area contributed by atoms with E-state index < -0.39 is 11.8 Å². The third kappa shape index (κ3) is 4.00. The summed E-state index contributed by atoms with van der Waals surface area (Å²) in [7, 11) is 0. The molecule has 0 fully saturated rings. The van der Waals surface area contributed by atoms with Crippen molar-refractivity contribution in [2.24, 2.45) is 5.10 Å². The fraction of sp³-hybridized carbons (Fsp3) is 0.143. The minimum atomic E-state index is -0.500. The number of aromatic nitrogens is 1. The third-order valence-electron chi connectivity index (χ3n) is 4.09. The molecule has 3 aromatic rings. The van der Waals surface area contributed by atoms with E-state index in [1.165, 1.54) is 24.6 Å². The normalized spacial score (nSPS) is 11.0. The number of benzene rings is 2. The van der Waals surface area contributed by atoms with Gasteiger partial charge in [0.15, 0.2) is 0 Å². The van der Waals surface area contributed by atoms with Crippen molar-refractivity contribution < 1.29 is 14.4 Å². The summed E-state index contributed by atoms with van der Waals surface area (Å²) in [4.78, 5) is 36.7. The molecule has 0 aliphatic carbocycles. The number of para-hydroxylation sites is 1. The van der Waals surface area contributed by atoms with E-state index in [1.54, 1.807) is 6.07 Å². The summed E-state index contributed by atoms with van der Waals surface area (Å²) in [6.45, 7) is 2.72. The van der Waals surface area contributed by atoms with Gasteiger partial charge in [-0.05, 0) is 17.7 Å². The molecular formula is C21H19N3O3. The molecule has 0 bridgehead atoms. The Morgan fingerprint density at radius 1 is 1.00 bits per heavy atom. The van der Waals surface area contributed by atoms with E-state index in [2.05, 4.69) is 5.10 Å². The van der Waals surface area contributed by atoms with Crippen LogP contribution in [0.4, 0.5) is 0 Å². The maximum Gasteiger partial charge on any atom is 0.255 e. The number of carbonyl (C=O) groups is 3. The van der Waals surface area contributed by atoms with Crippen LogP contribution in [0.25, 0.3) is 10.9 Å². The smallest absolute Gasteiger partial charge is 0.255 e. The van der Waals surface area contributed by atoms with E-state index in [4.69, 9.17) is 0 Å². The van der Waals surface area contributed by atoms with Gasteiger partial charge < -0.3 is 0 Å². The lowest BCUT2D eigenvalue weighted by Crippen LogP contribution is -2.32. The van der Waals surface area contributed by atoms with Crippen molar-refractivity contribution in [3.05, 3.63) is 71.9 Å². The molecule has 3 rings (SSSR count). The molecule has 0 saturated carbocycles. The van der Waals surface area contributed by atoms with E-state index in [-0.39, 0.29) is 12.3 Å². The van der Waals surface area contributed by atoms with Gasteiger partial charge in [-0.1, -0.05) is 48.5 Å². The molecule has 0 aliphatic heterocycles. The largest absolute Gasteiger partial charge is 0.284 e. The van der Waals surface area contributed by atoms with Gasteiger partial charge in [0.2, 0.25) is 11.8 Å². The van der Waals surface area contributed by atoms with Crippen LogP contribution in [0.2, 0.25) is 0 Å². The van der Waals surface area contributed by atoms with Gasteiger partial charge in [0.25, 0.3) is 5.91 Å². The van der Waals surface area contributed by atoms with Crippen LogP contribution < -0.4 is 0 Å². The zero-order valence-corrected chi connectivity index (χ0v) is 15.1. The average molecular weight is 361 g/mol. The van der Waals surface area contributed by atoms with Crippen LogP contribution in [-0.2, 0) is 16.0 Å². The van der Waals surface area contributed by atoms with E-state index >= 15 is 0 Å². The first-order valence-corrected chi connectivity index (χ1v) is 8.50. The quantitative estimate of drug-likeness (QED) is 0.529. The summed E-state index contributed by atoms with van der Waals surface area (Å²) in [6, 6.07) is 18.4. The topological polar surface area (TPSA) is 71.7 Å². The summed E-state index contributed by atoms with van der Waals surface area (Å²) >= 11 is 0. The van der Waals surface area contributed by atoms with Crippen LogP contribution in [-0.4, -0.2) is 33.5 Å². The summed E-state index contributed by atoms with van der Waals surface area (Å²) in [5, 5.41) is 5.72. The Morgan fingerprint density at radius 3 is 2.33 bits per heavy atom. The van der Waals surface area contributed by atoms with Crippen molar-refractivity contribution >= 4 is 34.8 Å². The SMILES string of the molecule is CC(=O)N(/N=C\c1ccccc1)C(=O)Cc1cc2ccccc2n1C(C)=O. The highest BCUT2D eigenvalue weighted by Gasteiger charge is 2.21. The van der Waals surface area contributed by atoms with Crippen molar-refractivity contribution in [1.29, 1.82) is 0 Å². The summed E-state index contributed by atoms with van der Waals surface area (Å²) in [6.07, 6.45) is 1.35. The molecule has 0 atom stereocenters. The molecule has 1 heterocycles. The van der Waals surface area contributed by atoms with Gasteiger partial charge in [0.05, 0.1) is 18.2 Å². The number of imide groups is 1. The molecule has 2 amide bonds. The number of hydrogen-bond donors (Lipinski definition) is 0. The standard InChI is InChI=1S/C21H19N3O3/c1-15(25)23-19(12-18-10-6-7-11-20(18)23)13-21(27)24(16(2)26)22-14-17-8-4-3-5-9-17/h3-12,14H,13H2,1-2H3/b22-14-.